The molecule has 0 saturated heterocycles. The summed E-state index contributed by atoms with van der Waals surface area (Å²) in [6.45, 7) is 0.833. The molecule has 17 heavy (non-hydrogen) atoms. The van der Waals surface area contributed by atoms with E-state index in [9.17, 15) is 5.11 Å². The second kappa shape index (κ2) is 5.51. The molecule has 0 aliphatic heterocycles. The Morgan fingerprint density at radius 2 is 2.06 bits per heavy atom. The number of nitrogens with zero attached hydrogens (tertiary/aromatic N) is 2. The largest absolute Gasteiger partial charge is 0.393 e. The van der Waals surface area contributed by atoms with Crippen molar-refractivity contribution in [1.82, 2.24) is 9.97 Å². The lowest BCUT2D eigenvalue weighted by Crippen LogP contribution is -2.23. The molecule has 1 fully saturated rings. The molecule has 1 aliphatic carbocycles. The van der Waals surface area contributed by atoms with Gasteiger partial charge in [0.15, 0.2) is 0 Å². The van der Waals surface area contributed by atoms with Crippen molar-refractivity contribution in [1.29, 1.82) is 0 Å². The van der Waals surface area contributed by atoms with Gasteiger partial charge in [0.05, 0.1) is 6.10 Å². The van der Waals surface area contributed by atoms with Gasteiger partial charge in [0, 0.05) is 12.6 Å². The van der Waals surface area contributed by atoms with Crippen molar-refractivity contribution in [2.45, 2.75) is 31.8 Å². The summed E-state index contributed by atoms with van der Waals surface area (Å²) in [6, 6.07) is 1.66. The van der Waals surface area contributed by atoms with E-state index < -0.39 is 0 Å². The van der Waals surface area contributed by atoms with Crippen molar-refractivity contribution >= 4 is 23.4 Å². The van der Waals surface area contributed by atoms with Crippen molar-refractivity contribution < 1.29 is 5.11 Å². The number of nitrogen functional groups attached to an aromatic ring is 1. The van der Waals surface area contributed by atoms with Crippen molar-refractivity contribution in [2.75, 3.05) is 17.6 Å². The van der Waals surface area contributed by atoms with Crippen LogP contribution in [-0.4, -0.2) is 27.7 Å². The summed E-state index contributed by atoms with van der Waals surface area (Å²) in [7, 11) is 0. The van der Waals surface area contributed by atoms with Crippen LogP contribution in [0.25, 0.3) is 0 Å². The van der Waals surface area contributed by atoms with Crippen molar-refractivity contribution in [3.05, 3.63) is 11.2 Å². The first-order valence-corrected chi connectivity index (χ1v) is 6.23. The second-order valence-electron chi connectivity index (χ2n) is 4.49. The Morgan fingerprint density at radius 1 is 1.35 bits per heavy atom. The molecule has 1 aliphatic rings. The highest BCUT2D eigenvalue weighted by atomic mass is 35.5. The maximum absolute atomic E-state index is 9.41. The van der Waals surface area contributed by atoms with E-state index in [0.717, 1.165) is 32.2 Å². The zero-order chi connectivity index (χ0) is 12.3. The maximum atomic E-state index is 9.41. The number of hydrogen-bond acceptors (Lipinski definition) is 5. The topological polar surface area (TPSA) is 84.1 Å². The molecule has 4 N–H and O–H groups in total. The molecule has 5 nitrogen and oxygen atoms in total. The predicted molar refractivity (Wildman–Crippen MR) is 67.9 cm³/mol. The Kier molecular flexibility index (Phi) is 4.02. The lowest BCUT2D eigenvalue weighted by molar-refractivity contribution is 0.111. The summed E-state index contributed by atoms with van der Waals surface area (Å²) in [5.41, 5.74) is 5.51. The minimum atomic E-state index is -0.115. The van der Waals surface area contributed by atoms with E-state index in [0.29, 0.717) is 16.9 Å². The molecule has 0 aromatic carbocycles. The summed E-state index contributed by atoms with van der Waals surface area (Å²) in [6.07, 6.45) is 3.75. The highest BCUT2D eigenvalue weighted by molar-refractivity contribution is 6.29. The number of aromatic nitrogens is 2. The van der Waals surface area contributed by atoms with Crippen LogP contribution in [-0.2, 0) is 0 Å². The fourth-order valence-corrected chi connectivity index (χ4v) is 2.31. The van der Waals surface area contributed by atoms with Gasteiger partial charge in [0.25, 0.3) is 0 Å². The number of hydrogen-bond donors (Lipinski definition) is 3. The molecule has 94 valence electrons. The molecule has 0 unspecified atom stereocenters. The van der Waals surface area contributed by atoms with Gasteiger partial charge in [-0.15, -0.1) is 0 Å². The first-order valence-electron chi connectivity index (χ1n) is 5.85. The molecule has 1 heterocycles. The fourth-order valence-electron chi connectivity index (χ4n) is 2.12. The third-order valence-electron chi connectivity index (χ3n) is 3.10. The van der Waals surface area contributed by atoms with E-state index in [1.165, 1.54) is 0 Å². The zero-order valence-corrected chi connectivity index (χ0v) is 10.3. The lowest BCUT2D eigenvalue weighted by Gasteiger charge is -2.25. The number of rotatable bonds is 3. The normalized spacial score (nSPS) is 24.6. The molecule has 0 radical (unpaired) electrons. The SMILES string of the molecule is Nc1nc(Cl)cc(NCC2CCC(O)CC2)n1. The highest BCUT2D eigenvalue weighted by Gasteiger charge is 2.19. The van der Waals surface area contributed by atoms with E-state index in [4.69, 9.17) is 17.3 Å². The van der Waals surface area contributed by atoms with Crippen LogP contribution in [0.5, 0.6) is 0 Å². The van der Waals surface area contributed by atoms with Crippen LogP contribution in [0.2, 0.25) is 5.15 Å². The maximum Gasteiger partial charge on any atom is 0.223 e. The minimum Gasteiger partial charge on any atom is -0.393 e. The molecular formula is C11H17ClN4O. The van der Waals surface area contributed by atoms with Gasteiger partial charge >= 0.3 is 0 Å². The van der Waals surface area contributed by atoms with Gasteiger partial charge in [0.1, 0.15) is 11.0 Å². The Labute approximate surface area is 105 Å². The third-order valence-corrected chi connectivity index (χ3v) is 3.29. The highest BCUT2D eigenvalue weighted by Crippen LogP contribution is 2.24. The molecule has 1 saturated carbocycles. The lowest BCUT2D eigenvalue weighted by atomic mass is 9.87. The van der Waals surface area contributed by atoms with Crippen LogP contribution < -0.4 is 11.1 Å². The van der Waals surface area contributed by atoms with Gasteiger partial charge in [-0.05, 0) is 31.6 Å². The predicted octanol–water partition coefficient (Wildman–Crippen LogP) is 1.68. The summed E-state index contributed by atoms with van der Waals surface area (Å²) in [5, 5.41) is 13.0. The molecule has 2 rings (SSSR count). The summed E-state index contributed by atoms with van der Waals surface area (Å²) >= 11 is 5.79. The number of nitrogens with one attached hydrogen (secondary N) is 1. The summed E-state index contributed by atoms with van der Waals surface area (Å²) < 4.78 is 0. The van der Waals surface area contributed by atoms with E-state index in [-0.39, 0.29) is 12.1 Å². The number of aliphatic hydroxyl groups is 1. The molecule has 0 amide bonds. The van der Waals surface area contributed by atoms with Crippen LogP contribution >= 0.6 is 11.6 Å². The standard InChI is InChI=1S/C11H17ClN4O/c12-9-5-10(16-11(13)15-9)14-6-7-1-3-8(17)4-2-7/h5,7-8,17H,1-4,6H2,(H3,13,14,15,16). The molecule has 6 heteroatoms. The quantitative estimate of drug-likeness (QED) is 0.717. The number of halogens is 1. The average molecular weight is 257 g/mol. The van der Waals surface area contributed by atoms with E-state index in [2.05, 4.69) is 15.3 Å². The van der Waals surface area contributed by atoms with Crippen LogP contribution in [0.4, 0.5) is 11.8 Å². The fraction of sp³-hybridized carbons (Fsp3) is 0.636. The molecule has 0 atom stereocenters. The minimum absolute atomic E-state index is 0.115. The van der Waals surface area contributed by atoms with E-state index in [1.54, 1.807) is 6.07 Å². The van der Waals surface area contributed by atoms with Crippen molar-refractivity contribution in [3.63, 3.8) is 0 Å². The van der Waals surface area contributed by atoms with E-state index >= 15 is 0 Å². The van der Waals surface area contributed by atoms with Gasteiger partial charge in [-0.3, -0.25) is 0 Å². The summed E-state index contributed by atoms with van der Waals surface area (Å²) in [4.78, 5) is 7.85. The molecule has 1 aromatic heterocycles. The summed E-state index contributed by atoms with van der Waals surface area (Å²) in [5.74, 6) is 1.42. The number of anilines is 2. The number of nitrogens with two attached hydrogens (primary N) is 1. The smallest absolute Gasteiger partial charge is 0.223 e. The van der Waals surface area contributed by atoms with Crippen molar-refractivity contribution in [3.8, 4) is 0 Å². The molecular weight excluding hydrogens is 240 g/mol. The van der Waals surface area contributed by atoms with E-state index in [1.807, 2.05) is 0 Å². The van der Waals surface area contributed by atoms with Crippen LogP contribution in [0, 0.1) is 5.92 Å². The van der Waals surface area contributed by atoms with Crippen LogP contribution in [0.15, 0.2) is 6.07 Å². The van der Waals surface area contributed by atoms with Gasteiger partial charge in [0.2, 0.25) is 5.95 Å². The van der Waals surface area contributed by atoms with Gasteiger partial charge in [-0.2, -0.15) is 4.98 Å². The Balaban J connectivity index is 1.85. The molecule has 0 bridgehead atoms. The Morgan fingerprint density at radius 3 is 2.71 bits per heavy atom. The molecule has 1 aromatic rings. The van der Waals surface area contributed by atoms with Crippen molar-refractivity contribution in [2.24, 2.45) is 5.92 Å². The molecule has 0 spiro atoms. The Hall–Kier alpha value is -1.07. The van der Waals surface area contributed by atoms with Gasteiger partial charge < -0.3 is 16.2 Å². The van der Waals surface area contributed by atoms with Gasteiger partial charge in [-0.1, -0.05) is 11.6 Å². The third kappa shape index (κ3) is 3.71. The first kappa shape index (κ1) is 12.4. The average Bonchev–Trinajstić information content (AvgIpc) is 2.27. The zero-order valence-electron chi connectivity index (χ0n) is 9.56. The number of aliphatic hydroxyl groups excluding tert-OH is 1. The first-order chi connectivity index (χ1) is 8.13. The Bertz CT molecular complexity index is 359. The van der Waals surface area contributed by atoms with Crippen LogP contribution in [0.1, 0.15) is 25.7 Å². The second-order valence-corrected chi connectivity index (χ2v) is 4.88. The van der Waals surface area contributed by atoms with Gasteiger partial charge in [-0.25, -0.2) is 4.98 Å². The van der Waals surface area contributed by atoms with Crippen LogP contribution in [0.3, 0.4) is 0 Å². The monoisotopic (exact) mass is 256 g/mol.